The molecule has 1 heteroatoms. The number of aryl methyl sites for hydroxylation is 1. The Morgan fingerprint density at radius 1 is 1.11 bits per heavy atom. The van der Waals surface area contributed by atoms with Gasteiger partial charge in [0.25, 0.3) is 0 Å². The van der Waals surface area contributed by atoms with E-state index >= 15 is 0 Å². The fourth-order valence-corrected chi connectivity index (χ4v) is 5.28. The van der Waals surface area contributed by atoms with Gasteiger partial charge in [-0.1, -0.05) is 43.2 Å². The maximum Gasteiger partial charge on any atom is 0.0135 e. The standard InChI is InChI=1S/C18H25N/c1-3-15-16(13-6-4-12(2)5-7-13)11-17-14-8-9-19(17)18(15)10-14/h4-7,14-18H,3,8-11H2,1-2H3/t14-,15+,16+,17-,18-/m1/s1. The maximum absolute atomic E-state index is 2.86. The van der Waals surface area contributed by atoms with Crippen molar-refractivity contribution in [2.45, 2.75) is 57.5 Å². The molecule has 3 aliphatic rings. The van der Waals surface area contributed by atoms with E-state index in [0.717, 1.165) is 29.8 Å². The minimum atomic E-state index is 0.819. The zero-order valence-electron chi connectivity index (χ0n) is 12.2. The molecule has 3 saturated heterocycles. The Kier molecular flexibility index (Phi) is 2.73. The number of rotatable bonds is 2. The molecule has 0 amide bonds. The lowest BCUT2D eigenvalue weighted by atomic mass is 9.75. The lowest BCUT2D eigenvalue weighted by molar-refractivity contribution is 0.0871. The van der Waals surface area contributed by atoms with Crippen molar-refractivity contribution in [1.82, 2.24) is 4.90 Å². The van der Waals surface area contributed by atoms with E-state index < -0.39 is 0 Å². The number of hydrogen-bond acceptors (Lipinski definition) is 1. The van der Waals surface area contributed by atoms with Crippen LogP contribution in [0.5, 0.6) is 0 Å². The van der Waals surface area contributed by atoms with Gasteiger partial charge in [-0.3, -0.25) is 4.90 Å². The summed E-state index contributed by atoms with van der Waals surface area (Å²) in [5, 5.41) is 0. The van der Waals surface area contributed by atoms with E-state index in [1.165, 1.54) is 37.8 Å². The van der Waals surface area contributed by atoms with Gasteiger partial charge in [0.15, 0.2) is 0 Å². The summed E-state index contributed by atoms with van der Waals surface area (Å²) in [6.45, 7) is 5.98. The molecular formula is C18H25N. The van der Waals surface area contributed by atoms with Crippen LogP contribution >= 0.6 is 0 Å². The highest BCUT2D eigenvalue weighted by molar-refractivity contribution is 5.28. The van der Waals surface area contributed by atoms with Crippen molar-refractivity contribution in [2.24, 2.45) is 11.8 Å². The van der Waals surface area contributed by atoms with Gasteiger partial charge < -0.3 is 0 Å². The monoisotopic (exact) mass is 255 g/mol. The number of hydrogen-bond donors (Lipinski definition) is 0. The van der Waals surface area contributed by atoms with Crippen molar-refractivity contribution in [3.05, 3.63) is 35.4 Å². The molecule has 3 fully saturated rings. The van der Waals surface area contributed by atoms with Crippen molar-refractivity contribution in [3.8, 4) is 0 Å². The molecule has 1 nitrogen and oxygen atoms in total. The molecule has 0 aromatic heterocycles. The third kappa shape index (κ3) is 1.71. The van der Waals surface area contributed by atoms with E-state index in [4.69, 9.17) is 0 Å². The van der Waals surface area contributed by atoms with Crippen molar-refractivity contribution in [2.75, 3.05) is 6.54 Å². The van der Waals surface area contributed by atoms with Crippen LogP contribution in [0.4, 0.5) is 0 Å². The minimum Gasteiger partial charge on any atom is -0.297 e. The van der Waals surface area contributed by atoms with E-state index in [-0.39, 0.29) is 0 Å². The van der Waals surface area contributed by atoms with Gasteiger partial charge in [0.05, 0.1) is 0 Å². The maximum atomic E-state index is 2.86. The normalized spacial score (nSPS) is 43.7. The molecule has 3 heterocycles. The molecule has 19 heavy (non-hydrogen) atoms. The number of piperidine rings is 2. The Morgan fingerprint density at radius 2 is 1.89 bits per heavy atom. The molecule has 1 unspecified atom stereocenters. The highest BCUT2D eigenvalue weighted by Crippen LogP contribution is 2.54. The predicted molar refractivity (Wildman–Crippen MR) is 79.3 cm³/mol. The van der Waals surface area contributed by atoms with Gasteiger partial charge in [-0.2, -0.15) is 0 Å². The van der Waals surface area contributed by atoms with Crippen LogP contribution in [0.3, 0.4) is 0 Å². The fraction of sp³-hybridized carbons (Fsp3) is 0.667. The number of nitrogens with zero attached hydrogens (tertiary/aromatic N) is 1. The molecule has 0 radical (unpaired) electrons. The summed E-state index contributed by atoms with van der Waals surface area (Å²) in [5.74, 6) is 2.73. The van der Waals surface area contributed by atoms with Gasteiger partial charge in [-0.05, 0) is 56.0 Å². The SMILES string of the molecule is CC[C@@H]1[C@H]2C[C@H]3CCN2[C@@H]3C[C@H]1c1ccc(C)cc1. The third-order valence-corrected chi connectivity index (χ3v) is 6.18. The Labute approximate surface area is 117 Å². The van der Waals surface area contributed by atoms with Gasteiger partial charge in [0, 0.05) is 12.1 Å². The molecule has 0 N–H and O–H groups in total. The first-order chi connectivity index (χ1) is 9.28. The van der Waals surface area contributed by atoms with Crippen LogP contribution in [0, 0.1) is 18.8 Å². The quantitative estimate of drug-likeness (QED) is 0.773. The Balaban J connectivity index is 1.67. The zero-order chi connectivity index (χ0) is 13.0. The van der Waals surface area contributed by atoms with Crippen LogP contribution in [-0.2, 0) is 0 Å². The Hall–Kier alpha value is -0.820. The van der Waals surface area contributed by atoms with Crippen LogP contribution in [0.1, 0.15) is 49.7 Å². The topological polar surface area (TPSA) is 3.24 Å². The van der Waals surface area contributed by atoms with Crippen molar-refractivity contribution in [1.29, 1.82) is 0 Å². The first-order valence-corrected chi connectivity index (χ1v) is 8.10. The predicted octanol–water partition coefficient (Wildman–Crippen LogP) is 3.97. The molecule has 0 aliphatic carbocycles. The van der Waals surface area contributed by atoms with Crippen molar-refractivity contribution >= 4 is 0 Å². The summed E-state index contributed by atoms with van der Waals surface area (Å²) in [7, 11) is 0. The first-order valence-electron chi connectivity index (χ1n) is 8.10. The smallest absolute Gasteiger partial charge is 0.0135 e. The second kappa shape index (κ2) is 4.34. The minimum absolute atomic E-state index is 0.819. The molecule has 0 spiro atoms. The fourth-order valence-electron chi connectivity index (χ4n) is 5.28. The summed E-state index contributed by atoms with van der Waals surface area (Å²) in [6, 6.07) is 11.2. The van der Waals surface area contributed by atoms with E-state index in [0.29, 0.717) is 0 Å². The molecule has 0 saturated carbocycles. The van der Waals surface area contributed by atoms with Crippen LogP contribution in [0.2, 0.25) is 0 Å². The molecule has 102 valence electrons. The van der Waals surface area contributed by atoms with E-state index in [2.05, 4.69) is 43.0 Å². The average molecular weight is 255 g/mol. The lowest BCUT2D eigenvalue weighted by Crippen LogP contribution is -2.46. The second-order valence-corrected chi connectivity index (χ2v) is 6.98. The highest BCUT2D eigenvalue weighted by atomic mass is 15.3. The number of benzene rings is 1. The molecule has 4 rings (SSSR count). The highest BCUT2D eigenvalue weighted by Gasteiger charge is 2.54. The molecule has 3 aliphatic heterocycles. The van der Waals surface area contributed by atoms with Crippen molar-refractivity contribution < 1.29 is 0 Å². The summed E-state index contributed by atoms with van der Waals surface area (Å²) in [5.41, 5.74) is 2.99. The summed E-state index contributed by atoms with van der Waals surface area (Å²) in [4.78, 5) is 2.86. The second-order valence-electron chi connectivity index (χ2n) is 6.98. The van der Waals surface area contributed by atoms with E-state index in [9.17, 15) is 0 Å². The average Bonchev–Trinajstić information content (AvgIpc) is 2.93. The molecule has 6 atom stereocenters. The van der Waals surface area contributed by atoms with Gasteiger partial charge in [-0.15, -0.1) is 0 Å². The van der Waals surface area contributed by atoms with E-state index in [1.54, 1.807) is 5.56 Å². The summed E-state index contributed by atoms with van der Waals surface area (Å²) < 4.78 is 0. The van der Waals surface area contributed by atoms with E-state index in [1.807, 2.05) is 0 Å². The largest absolute Gasteiger partial charge is 0.297 e. The molecular weight excluding hydrogens is 230 g/mol. The molecule has 4 bridgehead atoms. The summed E-state index contributed by atoms with van der Waals surface area (Å²) >= 11 is 0. The van der Waals surface area contributed by atoms with Crippen LogP contribution in [-0.4, -0.2) is 23.5 Å². The van der Waals surface area contributed by atoms with Gasteiger partial charge >= 0.3 is 0 Å². The molecule has 1 aromatic rings. The zero-order valence-corrected chi connectivity index (χ0v) is 12.2. The van der Waals surface area contributed by atoms with Crippen LogP contribution < -0.4 is 0 Å². The first kappa shape index (κ1) is 12.0. The van der Waals surface area contributed by atoms with Crippen LogP contribution in [0.15, 0.2) is 24.3 Å². The van der Waals surface area contributed by atoms with Crippen LogP contribution in [0.25, 0.3) is 0 Å². The van der Waals surface area contributed by atoms with Gasteiger partial charge in [-0.25, -0.2) is 0 Å². The van der Waals surface area contributed by atoms with Crippen molar-refractivity contribution in [3.63, 3.8) is 0 Å². The molecule has 1 aromatic carbocycles. The van der Waals surface area contributed by atoms with Gasteiger partial charge in [0.1, 0.15) is 0 Å². The van der Waals surface area contributed by atoms with Gasteiger partial charge in [0.2, 0.25) is 0 Å². The Bertz CT molecular complexity index is 463. The summed E-state index contributed by atoms with van der Waals surface area (Å²) in [6.07, 6.45) is 5.73. The third-order valence-electron chi connectivity index (χ3n) is 6.18. The Morgan fingerprint density at radius 3 is 2.63 bits per heavy atom. The lowest BCUT2D eigenvalue weighted by Gasteiger charge is -2.43.